The molecule has 1 fully saturated rings. The molecule has 1 aromatic rings. The fourth-order valence-electron chi connectivity index (χ4n) is 4.45. The zero-order valence-corrected chi connectivity index (χ0v) is 20.6. The van der Waals surface area contributed by atoms with Gasteiger partial charge in [-0.25, -0.2) is 0 Å². The first-order valence-electron chi connectivity index (χ1n) is 12.5. The Morgan fingerprint density at radius 2 is 1.97 bits per heavy atom. The van der Waals surface area contributed by atoms with Gasteiger partial charge in [-0.15, -0.1) is 0 Å². The molecule has 5 heteroatoms. The van der Waals surface area contributed by atoms with E-state index >= 15 is 0 Å². The molecule has 3 N–H and O–H groups in total. The van der Waals surface area contributed by atoms with Crippen molar-refractivity contribution in [2.75, 3.05) is 26.2 Å². The second kappa shape index (κ2) is 15.5. The second-order valence-corrected chi connectivity index (χ2v) is 9.06. The lowest BCUT2D eigenvalue weighted by Gasteiger charge is -2.40. The van der Waals surface area contributed by atoms with Crippen LogP contribution in [0.4, 0.5) is 0 Å². The minimum Gasteiger partial charge on any atom is -0.483 e. The van der Waals surface area contributed by atoms with Crippen LogP contribution < -0.4 is 10.6 Å². The molecule has 0 aliphatic carbocycles. The van der Waals surface area contributed by atoms with Crippen LogP contribution in [0.1, 0.15) is 63.5 Å². The highest BCUT2D eigenvalue weighted by Gasteiger charge is 2.26. The highest BCUT2D eigenvalue weighted by molar-refractivity contribution is 5.32. The molecule has 0 bridgehead atoms. The lowest BCUT2D eigenvalue weighted by molar-refractivity contribution is -0.122. The van der Waals surface area contributed by atoms with Crippen molar-refractivity contribution in [2.24, 2.45) is 0 Å². The summed E-state index contributed by atoms with van der Waals surface area (Å²) in [5, 5.41) is 14.1. The molecule has 182 valence electrons. The minimum absolute atomic E-state index is 0.250. The average Bonchev–Trinajstić information content (AvgIpc) is 2.79. The molecule has 0 amide bonds. The maximum Gasteiger partial charge on any atom is 0.290 e. The summed E-state index contributed by atoms with van der Waals surface area (Å²) in [6.07, 6.45) is 13.0. The van der Waals surface area contributed by atoms with Crippen molar-refractivity contribution < 1.29 is 9.90 Å². The van der Waals surface area contributed by atoms with Crippen molar-refractivity contribution in [1.82, 2.24) is 15.5 Å². The quantitative estimate of drug-likeness (QED) is 0.235. The summed E-state index contributed by atoms with van der Waals surface area (Å²) in [6, 6.07) is 9.55. The number of aryl methyl sites for hydroxylation is 1. The van der Waals surface area contributed by atoms with Crippen molar-refractivity contribution in [3.05, 3.63) is 71.0 Å². The van der Waals surface area contributed by atoms with E-state index in [0.29, 0.717) is 6.04 Å². The van der Waals surface area contributed by atoms with Gasteiger partial charge in [0.2, 0.25) is 0 Å². The van der Waals surface area contributed by atoms with E-state index in [9.17, 15) is 0 Å². The molecule has 0 spiro atoms. The van der Waals surface area contributed by atoms with Gasteiger partial charge in [0, 0.05) is 37.9 Å². The third-order valence-corrected chi connectivity index (χ3v) is 6.47. The van der Waals surface area contributed by atoms with E-state index in [2.05, 4.69) is 72.4 Å². The maximum absolute atomic E-state index is 8.36. The van der Waals surface area contributed by atoms with Gasteiger partial charge in [0.25, 0.3) is 6.47 Å². The Balaban J connectivity index is 0.00000122. The predicted octanol–water partition coefficient (Wildman–Crippen LogP) is 5.05. The van der Waals surface area contributed by atoms with E-state index in [1.807, 2.05) is 0 Å². The standard InChI is InChI=1S/C27H41N3.CH2O2/c1-4-24-12-7-8-13-26(24)19-30-20-27(21-30)29-17-9-5-6-11-22(2)15-16-25-14-10-18-28-23(25)3;2-1-3/h7-8,12-13,15-16,27-29H,2,4-6,9-11,14,17-21H2,1,3H3;1H,(H,2,3)/b16-15-;. The number of nitrogens with zero attached hydrogens (tertiary/aromatic N) is 1. The number of hydrogen-bond donors (Lipinski definition) is 3. The monoisotopic (exact) mass is 453 g/mol. The van der Waals surface area contributed by atoms with Gasteiger partial charge in [-0.05, 0) is 68.7 Å². The summed E-state index contributed by atoms with van der Waals surface area (Å²) in [4.78, 5) is 10.9. The fraction of sp³-hybridized carbons (Fsp3) is 0.536. The molecule has 2 aliphatic rings. The van der Waals surface area contributed by atoms with E-state index in [1.165, 1.54) is 73.2 Å². The van der Waals surface area contributed by atoms with Crippen molar-refractivity contribution >= 4 is 6.47 Å². The first kappa shape index (κ1) is 26.9. The average molecular weight is 454 g/mol. The molecular weight excluding hydrogens is 410 g/mol. The van der Waals surface area contributed by atoms with Gasteiger partial charge in [-0.3, -0.25) is 9.69 Å². The molecule has 1 aromatic carbocycles. The molecule has 3 rings (SSSR count). The number of hydrogen-bond acceptors (Lipinski definition) is 4. The van der Waals surface area contributed by atoms with Crippen molar-refractivity contribution in [2.45, 2.75) is 71.4 Å². The van der Waals surface area contributed by atoms with Gasteiger partial charge < -0.3 is 15.7 Å². The van der Waals surface area contributed by atoms with Crippen molar-refractivity contribution in [1.29, 1.82) is 0 Å². The van der Waals surface area contributed by atoms with E-state index in [-0.39, 0.29) is 6.47 Å². The minimum atomic E-state index is -0.250. The number of carbonyl (C=O) groups is 1. The number of rotatable bonds is 12. The summed E-state index contributed by atoms with van der Waals surface area (Å²) < 4.78 is 0. The molecule has 2 aliphatic heterocycles. The van der Waals surface area contributed by atoms with Gasteiger partial charge in [0.05, 0.1) is 0 Å². The van der Waals surface area contributed by atoms with Crippen LogP contribution in [-0.2, 0) is 17.8 Å². The lowest BCUT2D eigenvalue weighted by atomic mass is 10.0. The largest absolute Gasteiger partial charge is 0.483 e. The topological polar surface area (TPSA) is 64.6 Å². The summed E-state index contributed by atoms with van der Waals surface area (Å²) in [5.41, 5.74) is 7.03. The molecule has 0 aromatic heterocycles. The van der Waals surface area contributed by atoms with Gasteiger partial charge in [-0.1, -0.05) is 61.9 Å². The van der Waals surface area contributed by atoms with Gasteiger partial charge in [-0.2, -0.15) is 0 Å². The number of nitrogens with one attached hydrogen (secondary N) is 2. The van der Waals surface area contributed by atoms with Crippen LogP contribution in [0.15, 0.2) is 59.8 Å². The number of benzene rings is 1. The van der Waals surface area contributed by atoms with E-state index in [1.54, 1.807) is 0 Å². The Bertz CT molecular complexity index is 794. The van der Waals surface area contributed by atoms with Crippen LogP contribution in [-0.4, -0.2) is 48.7 Å². The molecule has 0 atom stereocenters. The number of allylic oxidation sites excluding steroid dienone is 5. The first-order chi connectivity index (χ1) is 16.1. The zero-order valence-electron chi connectivity index (χ0n) is 20.6. The Morgan fingerprint density at radius 1 is 1.24 bits per heavy atom. The summed E-state index contributed by atoms with van der Waals surface area (Å²) in [5.74, 6) is 0. The maximum atomic E-state index is 8.36. The highest BCUT2D eigenvalue weighted by atomic mass is 16.3. The molecule has 0 radical (unpaired) electrons. The zero-order chi connectivity index (χ0) is 23.9. The predicted molar refractivity (Wildman–Crippen MR) is 138 cm³/mol. The molecule has 1 saturated heterocycles. The Hall–Kier alpha value is -2.37. The second-order valence-electron chi connectivity index (χ2n) is 9.06. The third-order valence-electron chi connectivity index (χ3n) is 6.47. The Labute approximate surface area is 200 Å². The summed E-state index contributed by atoms with van der Waals surface area (Å²) >= 11 is 0. The molecule has 0 unspecified atom stereocenters. The smallest absolute Gasteiger partial charge is 0.290 e. The van der Waals surface area contributed by atoms with Crippen LogP contribution in [0.3, 0.4) is 0 Å². The van der Waals surface area contributed by atoms with Gasteiger partial charge in [0.15, 0.2) is 0 Å². The highest BCUT2D eigenvalue weighted by Crippen LogP contribution is 2.18. The van der Waals surface area contributed by atoms with E-state index in [4.69, 9.17) is 9.90 Å². The number of likely N-dealkylation sites (tertiary alicyclic amines) is 1. The van der Waals surface area contributed by atoms with E-state index < -0.39 is 0 Å². The Morgan fingerprint density at radius 3 is 2.67 bits per heavy atom. The SMILES string of the molecule is C=C(/C=C\C1=C(C)NCCC1)CCCCCNC1CN(Cc2ccccc2CC)C1.O=CO. The van der Waals surface area contributed by atoms with Gasteiger partial charge in [0.1, 0.15) is 0 Å². The van der Waals surface area contributed by atoms with Crippen molar-refractivity contribution in [3.63, 3.8) is 0 Å². The number of unbranched alkanes of at least 4 members (excludes halogenated alkanes) is 2. The molecule has 33 heavy (non-hydrogen) atoms. The van der Waals surface area contributed by atoms with Crippen LogP contribution in [0.25, 0.3) is 0 Å². The van der Waals surface area contributed by atoms with Gasteiger partial charge >= 0.3 is 0 Å². The van der Waals surface area contributed by atoms with Crippen LogP contribution >= 0.6 is 0 Å². The lowest BCUT2D eigenvalue weighted by Crippen LogP contribution is -2.57. The molecule has 0 saturated carbocycles. The third kappa shape index (κ3) is 9.97. The van der Waals surface area contributed by atoms with Crippen LogP contribution in [0.2, 0.25) is 0 Å². The Kier molecular flexibility index (Phi) is 12.6. The number of carboxylic acid groups (broad SMARTS) is 1. The first-order valence-corrected chi connectivity index (χ1v) is 12.5. The molecule has 2 heterocycles. The summed E-state index contributed by atoms with van der Waals surface area (Å²) in [6.45, 7) is 14.1. The van der Waals surface area contributed by atoms with Crippen LogP contribution in [0, 0.1) is 0 Å². The van der Waals surface area contributed by atoms with E-state index in [0.717, 1.165) is 32.5 Å². The molecular formula is C28H43N3O2. The molecule has 5 nitrogen and oxygen atoms in total. The van der Waals surface area contributed by atoms with Crippen LogP contribution in [0.5, 0.6) is 0 Å². The van der Waals surface area contributed by atoms with Crippen molar-refractivity contribution in [3.8, 4) is 0 Å². The fourth-order valence-corrected chi connectivity index (χ4v) is 4.45. The summed E-state index contributed by atoms with van der Waals surface area (Å²) in [7, 11) is 0. The normalized spacial score (nSPS) is 16.7.